The first kappa shape index (κ1) is 17.1. The quantitative estimate of drug-likeness (QED) is 0.763. The monoisotopic (exact) mass is 299 g/mol. The van der Waals surface area contributed by atoms with Crippen LogP contribution in [-0.4, -0.2) is 40.0 Å². The Morgan fingerprint density at radius 2 is 1.70 bits per heavy atom. The van der Waals surface area contributed by atoms with Crippen LogP contribution in [0.25, 0.3) is 0 Å². The molecule has 0 saturated carbocycles. The van der Waals surface area contributed by atoms with Crippen molar-refractivity contribution >= 4 is 10.2 Å². The lowest BCUT2D eigenvalue weighted by molar-refractivity contribution is 0.220. The highest BCUT2D eigenvalue weighted by Gasteiger charge is 2.20. The molecule has 1 aromatic carbocycles. The molecule has 1 aromatic rings. The summed E-state index contributed by atoms with van der Waals surface area (Å²) in [6.07, 6.45) is 0. The molecular weight excluding hydrogens is 274 g/mol. The second-order valence-electron chi connectivity index (χ2n) is 4.70. The van der Waals surface area contributed by atoms with Crippen molar-refractivity contribution < 1.29 is 8.42 Å². The SMILES string of the molecule is CCN(CC)C(CNS(=O)(=O)NC)c1ccc(C)cc1. The number of hydrogen-bond donors (Lipinski definition) is 2. The summed E-state index contributed by atoms with van der Waals surface area (Å²) >= 11 is 0. The molecule has 0 heterocycles. The Balaban J connectivity index is 2.93. The van der Waals surface area contributed by atoms with Crippen LogP contribution in [0.2, 0.25) is 0 Å². The maximum absolute atomic E-state index is 11.5. The Bertz CT molecular complexity index is 496. The van der Waals surface area contributed by atoms with Crippen LogP contribution < -0.4 is 9.44 Å². The molecule has 1 atom stereocenters. The van der Waals surface area contributed by atoms with E-state index in [1.807, 2.05) is 6.92 Å². The van der Waals surface area contributed by atoms with E-state index in [1.165, 1.54) is 12.6 Å². The first-order valence-corrected chi connectivity index (χ1v) is 8.40. The minimum atomic E-state index is -3.41. The van der Waals surface area contributed by atoms with E-state index < -0.39 is 10.2 Å². The fourth-order valence-electron chi connectivity index (χ4n) is 2.17. The molecule has 0 bridgehead atoms. The standard InChI is InChI=1S/C14H25N3O2S/c1-5-17(6-2)14(11-16-20(18,19)15-4)13-9-7-12(3)8-10-13/h7-10,14-16H,5-6,11H2,1-4H3. The number of hydrogen-bond acceptors (Lipinski definition) is 3. The topological polar surface area (TPSA) is 61.4 Å². The summed E-state index contributed by atoms with van der Waals surface area (Å²) in [5, 5.41) is 0. The van der Waals surface area contributed by atoms with Crippen LogP contribution in [0, 0.1) is 6.92 Å². The van der Waals surface area contributed by atoms with Crippen molar-refractivity contribution in [3.05, 3.63) is 35.4 Å². The van der Waals surface area contributed by atoms with Crippen LogP contribution in [0.1, 0.15) is 31.0 Å². The molecule has 0 aromatic heterocycles. The molecule has 0 aliphatic carbocycles. The molecule has 114 valence electrons. The number of likely N-dealkylation sites (N-methyl/N-ethyl adjacent to an activating group) is 1. The zero-order valence-corrected chi connectivity index (χ0v) is 13.5. The molecule has 20 heavy (non-hydrogen) atoms. The Morgan fingerprint density at radius 1 is 1.15 bits per heavy atom. The van der Waals surface area contributed by atoms with Crippen molar-refractivity contribution in [2.24, 2.45) is 0 Å². The van der Waals surface area contributed by atoms with Gasteiger partial charge in [0.2, 0.25) is 0 Å². The van der Waals surface area contributed by atoms with Crippen molar-refractivity contribution in [1.29, 1.82) is 0 Å². The molecule has 0 fully saturated rings. The van der Waals surface area contributed by atoms with E-state index in [-0.39, 0.29) is 6.04 Å². The average molecular weight is 299 g/mol. The van der Waals surface area contributed by atoms with E-state index in [4.69, 9.17) is 0 Å². The van der Waals surface area contributed by atoms with Gasteiger partial charge in [-0.25, -0.2) is 9.44 Å². The highest BCUT2D eigenvalue weighted by molar-refractivity contribution is 7.87. The van der Waals surface area contributed by atoms with Crippen LogP contribution in [0.3, 0.4) is 0 Å². The average Bonchev–Trinajstić information content (AvgIpc) is 2.44. The fraction of sp³-hybridized carbons (Fsp3) is 0.571. The third-order valence-electron chi connectivity index (χ3n) is 3.45. The Morgan fingerprint density at radius 3 is 2.15 bits per heavy atom. The summed E-state index contributed by atoms with van der Waals surface area (Å²) in [6, 6.07) is 8.27. The van der Waals surface area contributed by atoms with Crippen LogP contribution >= 0.6 is 0 Å². The normalized spacial score (nSPS) is 13.7. The molecule has 0 aliphatic rings. The van der Waals surface area contributed by atoms with Crippen molar-refractivity contribution in [3.8, 4) is 0 Å². The molecule has 1 rings (SSSR count). The Kier molecular flexibility index (Phi) is 6.61. The second-order valence-corrected chi connectivity index (χ2v) is 6.41. The zero-order valence-electron chi connectivity index (χ0n) is 12.7. The molecule has 1 unspecified atom stereocenters. The lowest BCUT2D eigenvalue weighted by Gasteiger charge is -2.30. The number of benzene rings is 1. The summed E-state index contributed by atoms with van der Waals surface area (Å²) < 4.78 is 28.0. The van der Waals surface area contributed by atoms with Crippen molar-refractivity contribution in [2.75, 3.05) is 26.7 Å². The van der Waals surface area contributed by atoms with Gasteiger partial charge in [0.05, 0.1) is 0 Å². The fourth-order valence-corrected chi connectivity index (χ4v) is 2.69. The van der Waals surface area contributed by atoms with Gasteiger partial charge in [-0.1, -0.05) is 43.7 Å². The van der Waals surface area contributed by atoms with Gasteiger partial charge in [-0.15, -0.1) is 0 Å². The van der Waals surface area contributed by atoms with Crippen molar-refractivity contribution in [2.45, 2.75) is 26.8 Å². The van der Waals surface area contributed by atoms with E-state index in [1.54, 1.807) is 0 Å². The van der Waals surface area contributed by atoms with E-state index in [2.05, 4.69) is 52.5 Å². The molecule has 5 nitrogen and oxygen atoms in total. The van der Waals surface area contributed by atoms with Gasteiger partial charge < -0.3 is 0 Å². The van der Waals surface area contributed by atoms with E-state index in [9.17, 15) is 8.42 Å². The lowest BCUT2D eigenvalue weighted by Crippen LogP contribution is -2.41. The largest absolute Gasteiger partial charge is 0.296 e. The number of nitrogens with zero attached hydrogens (tertiary/aromatic N) is 1. The number of nitrogens with one attached hydrogen (secondary N) is 2. The van der Waals surface area contributed by atoms with Crippen LogP contribution in [0.5, 0.6) is 0 Å². The molecule has 0 spiro atoms. The summed E-state index contributed by atoms with van der Waals surface area (Å²) in [5.74, 6) is 0. The van der Waals surface area contributed by atoms with E-state index in [0.29, 0.717) is 6.54 Å². The highest BCUT2D eigenvalue weighted by atomic mass is 32.2. The lowest BCUT2D eigenvalue weighted by atomic mass is 10.0. The van der Waals surface area contributed by atoms with E-state index in [0.717, 1.165) is 18.7 Å². The first-order chi connectivity index (χ1) is 9.43. The molecular formula is C14H25N3O2S. The second kappa shape index (κ2) is 7.73. The van der Waals surface area contributed by atoms with Crippen LogP contribution in [0.4, 0.5) is 0 Å². The molecule has 2 N–H and O–H groups in total. The van der Waals surface area contributed by atoms with Gasteiger partial charge in [-0.2, -0.15) is 8.42 Å². The van der Waals surface area contributed by atoms with Gasteiger partial charge in [0, 0.05) is 19.6 Å². The third kappa shape index (κ3) is 4.86. The summed E-state index contributed by atoms with van der Waals surface area (Å²) in [5.41, 5.74) is 2.32. The Labute approximate surface area is 122 Å². The maximum atomic E-state index is 11.5. The van der Waals surface area contributed by atoms with Crippen molar-refractivity contribution in [1.82, 2.24) is 14.3 Å². The molecule has 0 saturated heterocycles. The minimum absolute atomic E-state index is 0.0359. The van der Waals surface area contributed by atoms with Gasteiger partial charge in [0.15, 0.2) is 0 Å². The predicted octanol–water partition coefficient (Wildman–Crippen LogP) is 1.43. The maximum Gasteiger partial charge on any atom is 0.276 e. The Hall–Kier alpha value is -0.950. The molecule has 0 radical (unpaired) electrons. The molecule has 6 heteroatoms. The van der Waals surface area contributed by atoms with Gasteiger partial charge in [0.1, 0.15) is 0 Å². The smallest absolute Gasteiger partial charge is 0.276 e. The summed E-state index contributed by atoms with van der Waals surface area (Å²) in [6.45, 7) is 8.30. The number of rotatable bonds is 8. The summed E-state index contributed by atoms with van der Waals surface area (Å²) in [4.78, 5) is 2.24. The van der Waals surface area contributed by atoms with Gasteiger partial charge in [-0.3, -0.25) is 4.90 Å². The van der Waals surface area contributed by atoms with Gasteiger partial charge in [-0.05, 0) is 25.6 Å². The summed E-state index contributed by atoms with van der Waals surface area (Å²) in [7, 11) is -2.00. The highest BCUT2D eigenvalue weighted by Crippen LogP contribution is 2.20. The number of aryl methyl sites for hydroxylation is 1. The van der Waals surface area contributed by atoms with Crippen molar-refractivity contribution in [3.63, 3.8) is 0 Å². The minimum Gasteiger partial charge on any atom is -0.296 e. The first-order valence-electron chi connectivity index (χ1n) is 6.92. The van der Waals surface area contributed by atoms with Crippen LogP contribution in [0.15, 0.2) is 24.3 Å². The molecule has 0 aliphatic heterocycles. The predicted molar refractivity (Wildman–Crippen MR) is 82.8 cm³/mol. The van der Waals surface area contributed by atoms with Gasteiger partial charge in [0.25, 0.3) is 10.2 Å². The van der Waals surface area contributed by atoms with Crippen LogP contribution in [-0.2, 0) is 10.2 Å². The van der Waals surface area contributed by atoms with Gasteiger partial charge >= 0.3 is 0 Å². The zero-order chi connectivity index (χ0) is 15.2. The molecule has 0 amide bonds. The van der Waals surface area contributed by atoms with E-state index >= 15 is 0 Å². The third-order valence-corrected chi connectivity index (χ3v) is 4.53.